The number of fused-ring (bicyclic) bond motifs is 1. The van der Waals surface area contributed by atoms with Crippen LogP contribution in [-0.2, 0) is 0 Å². The van der Waals surface area contributed by atoms with E-state index >= 15 is 0 Å². The Kier molecular flexibility index (Phi) is 4.18. The molecule has 1 atom stereocenters. The third-order valence-corrected chi connectivity index (χ3v) is 5.44. The highest BCUT2D eigenvalue weighted by Gasteiger charge is 2.22. The monoisotopic (exact) mass is 333 g/mol. The topological polar surface area (TPSA) is 12.4 Å². The van der Waals surface area contributed by atoms with E-state index in [1.54, 1.807) is 0 Å². The molecule has 0 bridgehead atoms. The maximum atomic E-state index is 13.3. The lowest BCUT2D eigenvalue weighted by atomic mass is 10.0. The van der Waals surface area contributed by atoms with E-state index < -0.39 is 0 Å². The quantitative estimate of drug-likeness (QED) is 0.545. The number of rotatable bonds is 2. The first-order valence-electron chi connectivity index (χ1n) is 7.94. The van der Waals surface area contributed by atoms with Gasteiger partial charge in [-0.3, -0.25) is 4.99 Å². The first-order valence-corrected chi connectivity index (χ1v) is 8.82. The number of hydrogen-bond acceptors (Lipinski definition) is 2. The smallest absolute Gasteiger partial charge is 0.123 e. The van der Waals surface area contributed by atoms with Gasteiger partial charge in [0, 0.05) is 22.3 Å². The predicted octanol–water partition coefficient (Wildman–Crippen LogP) is 6.18. The molecule has 0 fully saturated rings. The van der Waals surface area contributed by atoms with Gasteiger partial charge in [0.05, 0.1) is 5.69 Å². The summed E-state index contributed by atoms with van der Waals surface area (Å²) in [6.07, 6.45) is 0.814. The molecule has 4 rings (SSSR count). The van der Waals surface area contributed by atoms with Crippen molar-refractivity contribution in [2.75, 3.05) is 0 Å². The lowest BCUT2D eigenvalue weighted by molar-refractivity contribution is 0.627. The molecular formula is C21H16FNS. The molecule has 0 amide bonds. The fraction of sp³-hybridized carbons (Fsp3) is 0.0952. The van der Waals surface area contributed by atoms with Crippen LogP contribution in [0, 0.1) is 5.82 Å². The summed E-state index contributed by atoms with van der Waals surface area (Å²) in [4.78, 5) is 6.07. The zero-order valence-electron chi connectivity index (χ0n) is 13.0. The minimum Gasteiger partial charge on any atom is -0.252 e. The molecule has 118 valence electrons. The molecule has 1 nitrogen and oxygen atoms in total. The summed E-state index contributed by atoms with van der Waals surface area (Å²) in [6.45, 7) is 0. The van der Waals surface area contributed by atoms with Gasteiger partial charge in [-0.2, -0.15) is 0 Å². The molecule has 0 aliphatic carbocycles. The fourth-order valence-corrected chi connectivity index (χ4v) is 4.12. The van der Waals surface area contributed by atoms with Crippen molar-refractivity contribution < 1.29 is 4.39 Å². The van der Waals surface area contributed by atoms with Crippen LogP contribution >= 0.6 is 11.8 Å². The summed E-state index contributed by atoms with van der Waals surface area (Å²) in [6, 6.07) is 25.3. The first-order chi connectivity index (χ1) is 11.8. The number of aliphatic imine (C=N–C) groups is 1. The van der Waals surface area contributed by atoms with Gasteiger partial charge in [-0.15, -0.1) is 11.8 Å². The van der Waals surface area contributed by atoms with Crippen molar-refractivity contribution in [3.05, 3.63) is 95.8 Å². The van der Waals surface area contributed by atoms with Crippen LogP contribution in [0.3, 0.4) is 0 Å². The largest absolute Gasteiger partial charge is 0.252 e. The number of nitrogens with zero attached hydrogens (tertiary/aromatic N) is 1. The summed E-state index contributed by atoms with van der Waals surface area (Å²) in [5, 5.41) is 0.290. The van der Waals surface area contributed by atoms with Crippen molar-refractivity contribution in [2.24, 2.45) is 4.99 Å². The van der Waals surface area contributed by atoms with Gasteiger partial charge in [-0.05, 0) is 35.4 Å². The number of hydrogen-bond donors (Lipinski definition) is 0. The molecule has 24 heavy (non-hydrogen) atoms. The van der Waals surface area contributed by atoms with Crippen molar-refractivity contribution in [2.45, 2.75) is 16.6 Å². The molecule has 1 unspecified atom stereocenters. The average Bonchev–Trinajstić information content (AvgIpc) is 2.83. The molecule has 1 aliphatic rings. The Morgan fingerprint density at radius 2 is 1.54 bits per heavy atom. The molecule has 0 saturated heterocycles. The number of thioether (sulfide) groups is 1. The maximum Gasteiger partial charge on any atom is 0.123 e. The van der Waals surface area contributed by atoms with Gasteiger partial charge in [0.1, 0.15) is 5.82 Å². The van der Waals surface area contributed by atoms with Crippen molar-refractivity contribution in [3.63, 3.8) is 0 Å². The molecule has 3 heteroatoms. The van der Waals surface area contributed by atoms with Crippen LogP contribution in [-0.4, -0.2) is 5.71 Å². The Balaban J connectivity index is 1.80. The van der Waals surface area contributed by atoms with Crippen molar-refractivity contribution in [3.8, 4) is 0 Å². The Morgan fingerprint density at radius 1 is 0.833 bits per heavy atom. The van der Waals surface area contributed by atoms with Gasteiger partial charge in [0.15, 0.2) is 0 Å². The van der Waals surface area contributed by atoms with E-state index in [1.807, 2.05) is 48.2 Å². The van der Waals surface area contributed by atoms with Gasteiger partial charge >= 0.3 is 0 Å². The summed E-state index contributed by atoms with van der Waals surface area (Å²) in [5.74, 6) is -0.220. The maximum absolute atomic E-state index is 13.3. The molecule has 3 aromatic rings. The Bertz CT molecular complexity index is 872. The molecular weight excluding hydrogens is 317 g/mol. The zero-order chi connectivity index (χ0) is 16.4. The van der Waals surface area contributed by atoms with E-state index in [-0.39, 0.29) is 5.82 Å². The minimum atomic E-state index is -0.220. The van der Waals surface area contributed by atoms with Crippen LogP contribution in [0.2, 0.25) is 0 Å². The second kappa shape index (κ2) is 6.62. The minimum absolute atomic E-state index is 0.220. The summed E-state index contributed by atoms with van der Waals surface area (Å²) in [5.41, 5.74) is 4.25. The third-order valence-electron chi connectivity index (χ3n) is 4.12. The highest BCUT2D eigenvalue weighted by molar-refractivity contribution is 7.99. The van der Waals surface area contributed by atoms with Gasteiger partial charge in [-0.25, -0.2) is 4.39 Å². The van der Waals surface area contributed by atoms with E-state index in [0.29, 0.717) is 5.25 Å². The van der Waals surface area contributed by atoms with Crippen LogP contribution in [0.15, 0.2) is 88.8 Å². The molecule has 0 N–H and O–H groups in total. The van der Waals surface area contributed by atoms with Gasteiger partial charge in [-0.1, -0.05) is 54.6 Å². The predicted molar refractivity (Wildman–Crippen MR) is 98.7 cm³/mol. The molecule has 1 heterocycles. The van der Waals surface area contributed by atoms with Crippen molar-refractivity contribution in [1.82, 2.24) is 0 Å². The highest BCUT2D eigenvalue weighted by Crippen LogP contribution is 2.45. The number of benzene rings is 3. The van der Waals surface area contributed by atoms with Gasteiger partial charge in [0.2, 0.25) is 0 Å². The molecule has 0 spiro atoms. The highest BCUT2D eigenvalue weighted by atomic mass is 32.2. The van der Waals surface area contributed by atoms with Crippen LogP contribution in [0.5, 0.6) is 0 Å². The Labute approximate surface area is 145 Å². The SMILES string of the molecule is Fc1ccc(C2=Nc3ccccc3SC(c3ccccc3)C2)cc1. The van der Waals surface area contributed by atoms with E-state index in [2.05, 4.69) is 30.3 Å². The van der Waals surface area contributed by atoms with Crippen LogP contribution < -0.4 is 0 Å². The van der Waals surface area contributed by atoms with Crippen LogP contribution in [0.25, 0.3) is 0 Å². The summed E-state index contributed by atoms with van der Waals surface area (Å²) < 4.78 is 13.3. The summed E-state index contributed by atoms with van der Waals surface area (Å²) >= 11 is 1.84. The van der Waals surface area contributed by atoms with E-state index in [1.165, 1.54) is 22.6 Å². The lowest BCUT2D eigenvalue weighted by Crippen LogP contribution is -2.05. The van der Waals surface area contributed by atoms with E-state index in [9.17, 15) is 4.39 Å². The van der Waals surface area contributed by atoms with Crippen molar-refractivity contribution in [1.29, 1.82) is 0 Å². The third kappa shape index (κ3) is 3.13. The second-order valence-electron chi connectivity index (χ2n) is 5.75. The second-order valence-corrected chi connectivity index (χ2v) is 7.00. The number of halogens is 1. The van der Waals surface area contributed by atoms with Gasteiger partial charge < -0.3 is 0 Å². The fourth-order valence-electron chi connectivity index (χ4n) is 2.89. The van der Waals surface area contributed by atoms with Gasteiger partial charge in [0.25, 0.3) is 0 Å². The lowest BCUT2D eigenvalue weighted by Gasteiger charge is -2.16. The molecule has 0 aromatic heterocycles. The van der Waals surface area contributed by atoms with E-state index in [4.69, 9.17) is 4.99 Å². The Morgan fingerprint density at radius 3 is 2.33 bits per heavy atom. The Hall–Kier alpha value is -2.39. The average molecular weight is 333 g/mol. The molecule has 1 aliphatic heterocycles. The van der Waals surface area contributed by atoms with Crippen LogP contribution in [0.1, 0.15) is 22.8 Å². The molecule has 0 radical (unpaired) electrons. The first kappa shape index (κ1) is 15.2. The standard InChI is InChI=1S/C21H16FNS/c22-17-12-10-15(11-13-17)19-14-21(16-6-2-1-3-7-16)24-20-9-5-4-8-18(20)23-19/h1-13,21H,14H2. The molecule has 0 saturated carbocycles. The zero-order valence-corrected chi connectivity index (χ0v) is 13.8. The van der Waals surface area contributed by atoms with Crippen LogP contribution in [0.4, 0.5) is 10.1 Å². The van der Waals surface area contributed by atoms with Crippen molar-refractivity contribution >= 4 is 23.2 Å². The normalized spacial score (nSPS) is 16.9. The summed E-state index contributed by atoms with van der Waals surface area (Å²) in [7, 11) is 0. The molecule has 3 aromatic carbocycles. The number of para-hydroxylation sites is 1. The van der Waals surface area contributed by atoms with E-state index in [0.717, 1.165) is 23.4 Å².